The highest BCUT2D eigenvalue weighted by molar-refractivity contribution is 4.97. The first-order chi connectivity index (χ1) is 5.26. The Morgan fingerprint density at radius 3 is 1.83 bits per heavy atom. The molecule has 72 valence electrons. The van der Waals surface area contributed by atoms with Crippen LogP contribution in [0.3, 0.4) is 0 Å². The molecule has 0 aromatic heterocycles. The minimum Gasteiger partial charge on any atom is -0.238 e. The molecule has 1 fully saturated rings. The van der Waals surface area contributed by atoms with Crippen molar-refractivity contribution < 1.29 is 13.2 Å². The molecule has 0 aliphatic heterocycles. The molecule has 0 radical (unpaired) electrons. The molecule has 0 spiro atoms. The third-order valence-corrected chi connectivity index (χ3v) is 3.02. The third kappa shape index (κ3) is 1.46. The second kappa shape index (κ2) is 2.64. The van der Waals surface area contributed by atoms with Crippen molar-refractivity contribution in [3.8, 4) is 0 Å². The highest BCUT2D eigenvalue weighted by Crippen LogP contribution is 2.48. The topological polar surface area (TPSA) is 0 Å². The third-order valence-electron chi connectivity index (χ3n) is 3.02. The molecule has 0 heterocycles. The highest BCUT2D eigenvalue weighted by atomic mass is 19.3. The lowest BCUT2D eigenvalue weighted by Gasteiger charge is -2.41. The molecular formula is C9H15F3. The Balaban J connectivity index is 2.80. The molecule has 1 saturated carbocycles. The number of rotatable bonds is 0. The Morgan fingerprint density at radius 2 is 1.42 bits per heavy atom. The number of hydrogen-bond donors (Lipinski definition) is 0. The van der Waals surface area contributed by atoms with Gasteiger partial charge in [-0.25, -0.2) is 13.2 Å². The van der Waals surface area contributed by atoms with Crippen LogP contribution in [0.2, 0.25) is 0 Å². The van der Waals surface area contributed by atoms with Crippen LogP contribution in [0.5, 0.6) is 0 Å². The Labute approximate surface area is 71.1 Å². The van der Waals surface area contributed by atoms with Crippen LogP contribution in [0.25, 0.3) is 0 Å². The maximum Gasteiger partial charge on any atom is 0.281 e. The van der Waals surface area contributed by atoms with E-state index >= 15 is 0 Å². The van der Waals surface area contributed by atoms with Crippen LogP contribution in [0.15, 0.2) is 0 Å². The van der Waals surface area contributed by atoms with Crippen molar-refractivity contribution in [2.75, 3.05) is 0 Å². The van der Waals surface area contributed by atoms with E-state index in [1.807, 2.05) is 6.92 Å². The zero-order chi connectivity index (χ0) is 9.57. The molecule has 1 aliphatic rings. The van der Waals surface area contributed by atoms with E-state index in [1.165, 1.54) is 0 Å². The molecule has 1 rings (SSSR count). The summed E-state index contributed by atoms with van der Waals surface area (Å²) in [7, 11) is 0. The molecule has 0 saturated heterocycles. The zero-order valence-corrected chi connectivity index (χ0v) is 7.70. The lowest BCUT2D eigenvalue weighted by atomic mass is 9.72. The van der Waals surface area contributed by atoms with Gasteiger partial charge in [-0.2, -0.15) is 0 Å². The van der Waals surface area contributed by atoms with Gasteiger partial charge in [0.1, 0.15) is 0 Å². The van der Waals surface area contributed by atoms with Crippen molar-refractivity contribution in [2.45, 2.75) is 45.2 Å². The maximum atomic E-state index is 13.3. The van der Waals surface area contributed by atoms with Crippen molar-refractivity contribution in [3.05, 3.63) is 0 Å². The average Bonchev–Trinajstić information content (AvgIpc) is 1.82. The number of halogens is 3. The average molecular weight is 180 g/mol. The second-order valence-corrected chi connectivity index (χ2v) is 4.26. The quantitative estimate of drug-likeness (QED) is 0.536. The molecule has 0 nitrogen and oxygen atoms in total. The van der Waals surface area contributed by atoms with E-state index in [0.717, 1.165) is 6.92 Å². The fourth-order valence-electron chi connectivity index (χ4n) is 1.77. The Kier molecular flexibility index (Phi) is 2.17. The first-order valence-electron chi connectivity index (χ1n) is 4.33. The van der Waals surface area contributed by atoms with Gasteiger partial charge in [0.05, 0.1) is 0 Å². The van der Waals surface area contributed by atoms with Crippen LogP contribution < -0.4 is 0 Å². The first kappa shape index (κ1) is 9.87. The zero-order valence-electron chi connectivity index (χ0n) is 7.70. The minimum atomic E-state index is -3.14. The van der Waals surface area contributed by atoms with Crippen molar-refractivity contribution in [2.24, 2.45) is 11.8 Å². The van der Waals surface area contributed by atoms with E-state index in [-0.39, 0.29) is 24.7 Å². The predicted octanol–water partition coefficient (Wildman–Crippen LogP) is 3.42. The molecule has 12 heavy (non-hydrogen) atoms. The van der Waals surface area contributed by atoms with Gasteiger partial charge in [-0.3, -0.25) is 0 Å². The van der Waals surface area contributed by atoms with Gasteiger partial charge < -0.3 is 0 Å². The highest BCUT2D eigenvalue weighted by Gasteiger charge is 2.55. The van der Waals surface area contributed by atoms with E-state index in [0.29, 0.717) is 0 Å². The van der Waals surface area contributed by atoms with E-state index in [2.05, 4.69) is 0 Å². The van der Waals surface area contributed by atoms with Crippen LogP contribution in [0.1, 0.15) is 33.6 Å². The molecule has 0 N–H and O–H groups in total. The molecular weight excluding hydrogens is 165 g/mol. The standard InChI is InChI=1S/C9H15F3/c1-6-4-8(3,10)9(11,12)5-7(6)2/h6-7H,4-5H2,1-3H3/t6-,7+,8?/m1/s1. The largest absolute Gasteiger partial charge is 0.281 e. The summed E-state index contributed by atoms with van der Waals surface area (Å²) in [5.74, 6) is -3.16. The summed E-state index contributed by atoms with van der Waals surface area (Å²) in [5.41, 5.74) is -2.31. The SMILES string of the molecule is C[C@@H]1CC(C)(F)C(F)(F)C[C@@H]1C. The molecule has 3 heteroatoms. The van der Waals surface area contributed by atoms with Gasteiger partial charge in [0.15, 0.2) is 5.67 Å². The van der Waals surface area contributed by atoms with E-state index in [1.54, 1.807) is 6.92 Å². The summed E-state index contributed by atoms with van der Waals surface area (Å²) in [6, 6.07) is 0. The van der Waals surface area contributed by atoms with Crippen LogP contribution in [0.4, 0.5) is 13.2 Å². The van der Waals surface area contributed by atoms with Gasteiger partial charge >= 0.3 is 0 Å². The van der Waals surface area contributed by atoms with Gasteiger partial charge in [0, 0.05) is 6.42 Å². The predicted molar refractivity (Wildman–Crippen MR) is 42.0 cm³/mol. The smallest absolute Gasteiger partial charge is 0.238 e. The first-order valence-corrected chi connectivity index (χ1v) is 4.33. The fourth-order valence-corrected chi connectivity index (χ4v) is 1.77. The molecule has 0 amide bonds. The maximum absolute atomic E-state index is 13.3. The Morgan fingerprint density at radius 1 is 1.00 bits per heavy atom. The van der Waals surface area contributed by atoms with Crippen LogP contribution in [0, 0.1) is 11.8 Å². The summed E-state index contributed by atoms with van der Waals surface area (Å²) in [5, 5.41) is 0. The van der Waals surface area contributed by atoms with Gasteiger partial charge in [-0.05, 0) is 25.2 Å². The molecule has 0 aromatic rings. The van der Waals surface area contributed by atoms with Gasteiger partial charge in [-0.15, -0.1) is 0 Å². The fraction of sp³-hybridized carbons (Fsp3) is 1.00. The van der Waals surface area contributed by atoms with Crippen molar-refractivity contribution >= 4 is 0 Å². The summed E-state index contributed by atoms with van der Waals surface area (Å²) >= 11 is 0. The Bertz CT molecular complexity index is 155. The van der Waals surface area contributed by atoms with E-state index in [9.17, 15) is 13.2 Å². The Hall–Kier alpha value is -0.210. The van der Waals surface area contributed by atoms with Gasteiger partial charge in [-0.1, -0.05) is 13.8 Å². The molecule has 0 bridgehead atoms. The number of hydrogen-bond acceptors (Lipinski definition) is 0. The summed E-state index contributed by atoms with van der Waals surface area (Å²) < 4.78 is 39.4. The number of alkyl halides is 3. The molecule has 1 aliphatic carbocycles. The van der Waals surface area contributed by atoms with Crippen LogP contribution in [-0.2, 0) is 0 Å². The minimum absolute atomic E-state index is 0.0266. The molecule has 1 unspecified atom stereocenters. The summed E-state index contributed by atoms with van der Waals surface area (Å²) in [6.45, 7) is 4.60. The lowest BCUT2D eigenvalue weighted by Crippen LogP contribution is -2.49. The van der Waals surface area contributed by atoms with Crippen LogP contribution in [-0.4, -0.2) is 11.6 Å². The molecule has 3 atom stereocenters. The monoisotopic (exact) mass is 180 g/mol. The lowest BCUT2D eigenvalue weighted by molar-refractivity contribution is -0.175. The van der Waals surface area contributed by atoms with Gasteiger partial charge in [0.25, 0.3) is 5.92 Å². The summed E-state index contributed by atoms with van der Waals surface area (Å²) in [4.78, 5) is 0. The van der Waals surface area contributed by atoms with Crippen molar-refractivity contribution in [1.82, 2.24) is 0 Å². The van der Waals surface area contributed by atoms with E-state index < -0.39 is 11.6 Å². The van der Waals surface area contributed by atoms with Gasteiger partial charge in [0.2, 0.25) is 0 Å². The van der Waals surface area contributed by atoms with E-state index in [4.69, 9.17) is 0 Å². The second-order valence-electron chi connectivity index (χ2n) is 4.26. The normalized spacial score (nSPS) is 47.5. The van der Waals surface area contributed by atoms with Crippen molar-refractivity contribution in [1.29, 1.82) is 0 Å². The molecule has 0 aromatic carbocycles. The summed E-state index contributed by atoms with van der Waals surface area (Å²) in [6.07, 6.45) is -0.345. The van der Waals surface area contributed by atoms with Crippen molar-refractivity contribution in [3.63, 3.8) is 0 Å². The van der Waals surface area contributed by atoms with Crippen LogP contribution >= 0.6 is 0 Å².